The Labute approximate surface area is 113 Å². The second-order valence-electron chi connectivity index (χ2n) is 4.11. The first-order valence-electron chi connectivity index (χ1n) is 6.44. The molecule has 7 heteroatoms. The molecule has 0 aliphatic carbocycles. The number of nitrogens with zero attached hydrogens (tertiary/aromatic N) is 3. The average Bonchev–Trinajstić information content (AvgIpc) is 2.42. The molecule has 0 atom stereocenters. The molecule has 0 aliphatic rings. The lowest BCUT2D eigenvalue weighted by Crippen LogP contribution is -2.31. The molecule has 0 bridgehead atoms. The fraction of sp³-hybridized carbons (Fsp3) is 0.583. The van der Waals surface area contributed by atoms with Crippen molar-refractivity contribution in [3.8, 4) is 0 Å². The molecule has 1 aromatic rings. The molecular formula is C12H22N6O. The molecular weight excluding hydrogens is 244 g/mol. The van der Waals surface area contributed by atoms with Gasteiger partial charge >= 0.3 is 0 Å². The van der Waals surface area contributed by atoms with Crippen molar-refractivity contribution < 1.29 is 4.79 Å². The van der Waals surface area contributed by atoms with Crippen molar-refractivity contribution >= 4 is 17.7 Å². The number of hydrazine groups is 1. The zero-order valence-electron chi connectivity index (χ0n) is 11.7. The third-order valence-electron chi connectivity index (χ3n) is 2.85. The van der Waals surface area contributed by atoms with Gasteiger partial charge in [0.15, 0.2) is 0 Å². The average molecular weight is 266 g/mol. The lowest BCUT2D eigenvalue weighted by molar-refractivity contribution is -0.130. The van der Waals surface area contributed by atoms with Crippen LogP contribution in [-0.2, 0) is 4.79 Å². The highest BCUT2D eigenvalue weighted by molar-refractivity contribution is 5.76. The number of nitrogen functional groups attached to an aromatic ring is 1. The van der Waals surface area contributed by atoms with Gasteiger partial charge in [-0.05, 0) is 20.8 Å². The minimum absolute atomic E-state index is 0.140. The van der Waals surface area contributed by atoms with Gasteiger partial charge in [0.2, 0.25) is 11.9 Å². The summed E-state index contributed by atoms with van der Waals surface area (Å²) in [4.78, 5) is 21.8. The Hall–Kier alpha value is -1.89. The maximum atomic E-state index is 11.8. The summed E-state index contributed by atoms with van der Waals surface area (Å²) in [5.74, 6) is 6.44. The molecule has 0 aromatic carbocycles. The van der Waals surface area contributed by atoms with Gasteiger partial charge in [-0.25, -0.2) is 10.8 Å². The number of amides is 1. The number of aryl methyl sites for hydroxylation is 1. The SMILES string of the molecule is CCN(CC)C(=O)CCNc1nc(NN)ncc1C. The molecule has 4 N–H and O–H groups in total. The minimum atomic E-state index is 0.140. The summed E-state index contributed by atoms with van der Waals surface area (Å²) < 4.78 is 0. The molecule has 7 nitrogen and oxygen atoms in total. The number of hydrogen-bond donors (Lipinski definition) is 3. The van der Waals surface area contributed by atoms with E-state index < -0.39 is 0 Å². The van der Waals surface area contributed by atoms with E-state index in [9.17, 15) is 4.79 Å². The topological polar surface area (TPSA) is 96.2 Å². The van der Waals surface area contributed by atoms with E-state index in [2.05, 4.69) is 20.7 Å². The Morgan fingerprint density at radius 2 is 2.11 bits per heavy atom. The van der Waals surface area contributed by atoms with Gasteiger partial charge in [-0.2, -0.15) is 4.98 Å². The molecule has 1 heterocycles. The maximum absolute atomic E-state index is 11.8. The van der Waals surface area contributed by atoms with Crippen LogP contribution in [0.1, 0.15) is 25.8 Å². The zero-order valence-corrected chi connectivity index (χ0v) is 11.7. The third-order valence-corrected chi connectivity index (χ3v) is 2.85. The first-order valence-corrected chi connectivity index (χ1v) is 6.44. The first-order chi connectivity index (χ1) is 9.12. The first kappa shape index (κ1) is 15.2. The van der Waals surface area contributed by atoms with E-state index in [4.69, 9.17) is 5.84 Å². The van der Waals surface area contributed by atoms with Gasteiger partial charge in [0.05, 0.1) is 0 Å². The van der Waals surface area contributed by atoms with E-state index in [1.54, 1.807) is 11.1 Å². The van der Waals surface area contributed by atoms with Gasteiger partial charge in [-0.1, -0.05) is 0 Å². The van der Waals surface area contributed by atoms with Gasteiger partial charge in [-0.15, -0.1) is 0 Å². The van der Waals surface area contributed by atoms with Crippen LogP contribution < -0.4 is 16.6 Å². The van der Waals surface area contributed by atoms with Crippen molar-refractivity contribution in [3.05, 3.63) is 11.8 Å². The molecule has 0 spiro atoms. The standard InChI is InChI=1S/C12H22N6O/c1-4-18(5-2)10(19)6-7-14-11-9(3)8-15-12(16-11)17-13/h8H,4-7,13H2,1-3H3,(H2,14,15,16,17). The molecule has 0 fully saturated rings. The van der Waals surface area contributed by atoms with Crippen molar-refractivity contribution in [2.45, 2.75) is 27.2 Å². The highest BCUT2D eigenvalue weighted by Crippen LogP contribution is 2.11. The van der Waals surface area contributed by atoms with Gasteiger partial charge in [0.25, 0.3) is 0 Å². The molecule has 0 unspecified atom stereocenters. The molecule has 1 rings (SSSR count). The number of anilines is 2. The Morgan fingerprint density at radius 1 is 1.42 bits per heavy atom. The van der Waals surface area contributed by atoms with E-state index in [-0.39, 0.29) is 5.91 Å². The number of rotatable bonds is 7. The van der Waals surface area contributed by atoms with Crippen LogP contribution in [0.15, 0.2) is 6.20 Å². The number of hydrogen-bond acceptors (Lipinski definition) is 6. The Balaban J connectivity index is 2.51. The number of nitrogens with one attached hydrogen (secondary N) is 2. The Kier molecular flexibility index (Phi) is 6.01. The van der Waals surface area contributed by atoms with Crippen LogP contribution in [0.5, 0.6) is 0 Å². The van der Waals surface area contributed by atoms with Crippen molar-refractivity contribution in [1.82, 2.24) is 14.9 Å². The summed E-state index contributed by atoms with van der Waals surface area (Å²) in [6.07, 6.45) is 2.12. The lowest BCUT2D eigenvalue weighted by Gasteiger charge is -2.18. The molecule has 0 saturated heterocycles. The second kappa shape index (κ2) is 7.52. The van der Waals surface area contributed by atoms with Crippen molar-refractivity contribution in [3.63, 3.8) is 0 Å². The van der Waals surface area contributed by atoms with Gasteiger partial charge < -0.3 is 10.2 Å². The molecule has 106 valence electrons. The fourth-order valence-corrected chi connectivity index (χ4v) is 1.71. The van der Waals surface area contributed by atoms with E-state index >= 15 is 0 Å². The number of nitrogens with two attached hydrogens (primary N) is 1. The van der Waals surface area contributed by atoms with E-state index in [1.807, 2.05) is 20.8 Å². The van der Waals surface area contributed by atoms with Gasteiger partial charge in [-0.3, -0.25) is 10.2 Å². The summed E-state index contributed by atoms with van der Waals surface area (Å²) in [6, 6.07) is 0. The largest absolute Gasteiger partial charge is 0.369 e. The van der Waals surface area contributed by atoms with Crippen LogP contribution in [0.25, 0.3) is 0 Å². The van der Waals surface area contributed by atoms with E-state index in [0.29, 0.717) is 24.7 Å². The van der Waals surface area contributed by atoms with Crippen molar-refractivity contribution in [2.75, 3.05) is 30.4 Å². The summed E-state index contributed by atoms with van der Waals surface area (Å²) in [7, 11) is 0. The van der Waals surface area contributed by atoms with Gasteiger partial charge in [0, 0.05) is 37.8 Å². The predicted octanol–water partition coefficient (Wildman–Crippen LogP) is 0.741. The smallest absolute Gasteiger partial charge is 0.239 e. The molecule has 0 radical (unpaired) electrons. The summed E-state index contributed by atoms with van der Waals surface area (Å²) in [5.41, 5.74) is 3.30. The number of carbonyl (C=O) groups is 1. The molecule has 1 aromatic heterocycles. The normalized spacial score (nSPS) is 10.1. The highest BCUT2D eigenvalue weighted by atomic mass is 16.2. The molecule has 0 aliphatic heterocycles. The fourth-order valence-electron chi connectivity index (χ4n) is 1.71. The summed E-state index contributed by atoms with van der Waals surface area (Å²) >= 11 is 0. The minimum Gasteiger partial charge on any atom is -0.369 e. The molecule has 0 saturated carbocycles. The van der Waals surface area contributed by atoms with Crippen molar-refractivity contribution in [2.24, 2.45) is 5.84 Å². The van der Waals surface area contributed by atoms with Crippen LogP contribution in [0.3, 0.4) is 0 Å². The van der Waals surface area contributed by atoms with E-state index in [1.165, 1.54) is 0 Å². The zero-order chi connectivity index (χ0) is 14.3. The summed E-state index contributed by atoms with van der Waals surface area (Å²) in [5, 5.41) is 3.13. The highest BCUT2D eigenvalue weighted by Gasteiger charge is 2.09. The van der Waals surface area contributed by atoms with Gasteiger partial charge in [0.1, 0.15) is 5.82 Å². The quantitative estimate of drug-likeness (QED) is 0.497. The Morgan fingerprint density at radius 3 is 2.68 bits per heavy atom. The van der Waals surface area contributed by atoms with E-state index in [0.717, 1.165) is 18.7 Å². The molecule has 1 amide bonds. The maximum Gasteiger partial charge on any atom is 0.239 e. The number of aromatic nitrogens is 2. The third kappa shape index (κ3) is 4.36. The van der Waals surface area contributed by atoms with Crippen molar-refractivity contribution in [1.29, 1.82) is 0 Å². The van der Waals surface area contributed by atoms with Crippen LogP contribution in [0.4, 0.5) is 11.8 Å². The monoisotopic (exact) mass is 266 g/mol. The van der Waals surface area contributed by atoms with Crippen LogP contribution in [0.2, 0.25) is 0 Å². The number of carbonyl (C=O) groups excluding carboxylic acids is 1. The summed E-state index contributed by atoms with van der Waals surface area (Å²) in [6.45, 7) is 7.86. The Bertz CT molecular complexity index is 419. The van der Waals surface area contributed by atoms with Crippen LogP contribution in [0, 0.1) is 6.92 Å². The lowest BCUT2D eigenvalue weighted by atomic mass is 10.3. The van der Waals surface area contributed by atoms with Crippen LogP contribution >= 0.6 is 0 Å². The predicted molar refractivity (Wildman–Crippen MR) is 75.6 cm³/mol. The second-order valence-corrected chi connectivity index (χ2v) is 4.11. The molecule has 19 heavy (non-hydrogen) atoms. The van der Waals surface area contributed by atoms with Crippen LogP contribution in [-0.4, -0.2) is 40.4 Å².